The minimum Gasteiger partial charge on any atom is -0.494 e. The number of amides is 1. The SMILES string of the molecule is COc1c[nH]c(C(=O)N(C)Cc2ccc(OC)c3ncccc23)cc1=O. The van der Waals surface area contributed by atoms with Crippen LogP contribution in [0.3, 0.4) is 0 Å². The molecule has 0 aliphatic heterocycles. The van der Waals surface area contributed by atoms with E-state index in [0.29, 0.717) is 12.3 Å². The summed E-state index contributed by atoms with van der Waals surface area (Å²) in [5.74, 6) is 0.548. The first-order valence-corrected chi connectivity index (χ1v) is 7.98. The van der Waals surface area contributed by atoms with Gasteiger partial charge in [-0.1, -0.05) is 12.1 Å². The van der Waals surface area contributed by atoms with Crippen molar-refractivity contribution in [3.63, 3.8) is 0 Å². The Balaban J connectivity index is 1.89. The highest BCUT2D eigenvalue weighted by atomic mass is 16.5. The number of methoxy groups -OCH3 is 2. The number of aromatic amines is 1. The van der Waals surface area contributed by atoms with Gasteiger partial charge in [0, 0.05) is 37.4 Å². The molecule has 134 valence electrons. The fourth-order valence-corrected chi connectivity index (χ4v) is 2.78. The Morgan fingerprint density at radius 1 is 1.19 bits per heavy atom. The van der Waals surface area contributed by atoms with Crippen LogP contribution in [-0.2, 0) is 6.54 Å². The second kappa shape index (κ2) is 7.26. The van der Waals surface area contributed by atoms with Crippen LogP contribution in [0.25, 0.3) is 10.9 Å². The minimum absolute atomic E-state index is 0.163. The molecule has 3 rings (SSSR count). The molecule has 0 bridgehead atoms. The molecule has 0 radical (unpaired) electrons. The van der Waals surface area contributed by atoms with Gasteiger partial charge < -0.3 is 19.4 Å². The van der Waals surface area contributed by atoms with Gasteiger partial charge in [-0.3, -0.25) is 14.6 Å². The number of fused-ring (bicyclic) bond motifs is 1. The molecule has 0 unspecified atom stereocenters. The average molecular weight is 353 g/mol. The number of aromatic nitrogens is 2. The third-order valence-corrected chi connectivity index (χ3v) is 4.12. The summed E-state index contributed by atoms with van der Waals surface area (Å²) in [5, 5.41) is 0.912. The van der Waals surface area contributed by atoms with E-state index in [-0.39, 0.29) is 22.8 Å². The number of benzene rings is 1. The highest BCUT2D eigenvalue weighted by molar-refractivity contribution is 5.93. The number of carbonyl (C=O) groups is 1. The summed E-state index contributed by atoms with van der Waals surface area (Å²) in [5.41, 5.74) is 1.53. The molecule has 0 fully saturated rings. The molecular formula is C19H19N3O4. The van der Waals surface area contributed by atoms with Crippen molar-refractivity contribution in [3.8, 4) is 11.5 Å². The van der Waals surface area contributed by atoms with Gasteiger partial charge >= 0.3 is 0 Å². The normalized spacial score (nSPS) is 10.6. The Labute approximate surface area is 150 Å². The quantitative estimate of drug-likeness (QED) is 0.760. The summed E-state index contributed by atoms with van der Waals surface area (Å²) < 4.78 is 10.3. The van der Waals surface area contributed by atoms with E-state index >= 15 is 0 Å². The fraction of sp³-hybridized carbons (Fsp3) is 0.211. The van der Waals surface area contributed by atoms with Crippen molar-refractivity contribution in [2.75, 3.05) is 21.3 Å². The second-order valence-corrected chi connectivity index (χ2v) is 5.77. The minimum atomic E-state index is -0.345. The van der Waals surface area contributed by atoms with E-state index in [1.165, 1.54) is 24.3 Å². The lowest BCUT2D eigenvalue weighted by Gasteiger charge is -2.19. The molecular weight excluding hydrogens is 334 g/mol. The molecule has 0 atom stereocenters. The lowest BCUT2D eigenvalue weighted by molar-refractivity contribution is 0.0779. The maximum Gasteiger partial charge on any atom is 0.270 e. The summed E-state index contributed by atoms with van der Waals surface area (Å²) in [4.78, 5) is 33.2. The Morgan fingerprint density at radius 2 is 1.96 bits per heavy atom. The van der Waals surface area contributed by atoms with Crippen LogP contribution in [0.1, 0.15) is 16.1 Å². The van der Waals surface area contributed by atoms with E-state index in [1.54, 1.807) is 20.4 Å². The van der Waals surface area contributed by atoms with Crippen LogP contribution in [0.2, 0.25) is 0 Å². The number of nitrogens with zero attached hydrogens (tertiary/aromatic N) is 2. The molecule has 0 aliphatic carbocycles. The van der Waals surface area contributed by atoms with Crippen LogP contribution in [0.5, 0.6) is 11.5 Å². The Hall–Kier alpha value is -3.35. The molecule has 0 saturated carbocycles. The molecule has 1 N–H and O–H groups in total. The second-order valence-electron chi connectivity index (χ2n) is 5.77. The highest BCUT2D eigenvalue weighted by Crippen LogP contribution is 2.27. The molecule has 0 spiro atoms. The number of carbonyl (C=O) groups excluding carboxylic acids is 1. The van der Waals surface area contributed by atoms with Crippen LogP contribution in [0, 0.1) is 0 Å². The number of hydrogen-bond acceptors (Lipinski definition) is 5. The summed E-state index contributed by atoms with van der Waals surface area (Å²) in [6, 6.07) is 8.76. The fourth-order valence-electron chi connectivity index (χ4n) is 2.78. The van der Waals surface area contributed by atoms with Gasteiger partial charge in [0.05, 0.1) is 14.2 Å². The Bertz CT molecular complexity index is 1010. The maximum atomic E-state index is 12.6. The van der Waals surface area contributed by atoms with Crippen molar-refractivity contribution < 1.29 is 14.3 Å². The van der Waals surface area contributed by atoms with Gasteiger partial charge in [0.25, 0.3) is 5.91 Å². The van der Waals surface area contributed by atoms with Crippen molar-refractivity contribution in [1.82, 2.24) is 14.9 Å². The molecule has 7 heteroatoms. The first-order chi connectivity index (χ1) is 12.5. The highest BCUT2D eigenvalue weighted by Gasteiger charge is 2.16. The van der Waals surface area contributed by atoms with E-state index in [2.05, 4.69) is 9.97 Å². The van der Waals surface area contributed by atoms with Crippen molar-refractivity contribution in [2.45, 2.75) is 6.54 Å². The zero-order valence-electron chi connectivity index (χ0n) is 14.8. The van der Waals surface area contributed by atoms with Crippen LogP contribution in [0.15, 0.2) is 47.5 Å². The van der Waals surface area contributed by atoms with Crippen molar-refractivity contribution in [3.05, 3.63) is 64.2 Å². The first kappa shape index (κ1) is 17.5. The zero-order chi connectivity index (χ0) is 18.7. The third-order valence-electron chi connectivity index (χ3n) is 4.12. The number of H-pyrrole nitrogens is 1. The molecule has 1 aromatic carbocycles. The summed E-state index contributed by atoms with van der Waals surface area (Å²) in [6.45, 7) is 0.360. The molecule has 7 nitrogen and oxygen atoms in total. The summed E-state index contributed by atoms with van der Waals surface area (Å²) in [7, 11) is 4.68. The van der Waals surface area contributed by atoms with Gasteiger partial charge in [-0.25, -0.2) is 0 Å². The topological polar surface area (TPSA) is 84.5 Å². The predicted molar refractivity (Wildman–Crippen MR) is 97.7 cm³/mol. The number of rotatable bonds is 5. The van der Waals surface area contributed by atoms with Crippen LogP contribution in [0.4, 0.5) is 0 Å². The molecule has 2 heterocycles. The van der Waals surface area contributed by atoms with Gasteiger partial charge in [-0.2, -0.15) is 0 Å². The van der Waals surface area contributed by atoms with E-state index in [1.807, 2.05) is 24.3 Å². The van der Waals surface area contributed by atoms with Crippen LogP contribution < -0.4 is 14.9 Å². The van der Waals surface area contributed by atoms with E-state index < -0.39 is 0 Å². The van der Waals surface area contributed by atoms with Gasteiger partial charge in [0.15, 0.2) is 5.75 Å². The maximum absolute atomic E-state index is 12.6. The van der Waals surface area contributed by atoms with E-state index in [0.717, 1.165) is 16.5 Å². The standard InChI is InChI=1S/C19H19N3O4/c1-22(19(24)14-9-15(23)17(26-3)10-21-14)11-12-6-7-16(25-2)18-13(12)5-4-8-20-18/h4-10H,11H2,1-3H3,(H,21,23). The van der Waals surface area contributed by atoms with Gasteiger partial charge in [-0.15, -0.1) is 0 Å². The number of ether oxygens (including phenoxy) is 2. The largest absolute Gasteiger partial charge is 0.494 e. The van der Waals surface area contributed by atoms with Gasteiger partial charge in [0.1, 0.15) is 17.0 Å². The smallest absolute Gasteiger partial charge is 0.270 e. The zero-order valence-corrected chi connectivity index (χ0v) is 14.8. The van der Waals surface area contributed by atoms with Gasteiger partial charge in [-0.05, 0) is 17.7 Å². The average Bonchev–Trinajstić information content (AvgIpc) is 2.67. The van der Waals surface area contributed by atoms with Crippen molar-refractivity contribution in [1.29, 1.82) is 0 Å². The molecule has 0 aliphatic rings. The summed E-state index contributed by atoms with van der Waals surface area (Å²) >= 11 is 0. The Morgan fingerprint density at radius 3 is 2.65 bits per heavy atom. The first-order valence-electron chi connectivity index (χ1n) is 7.98. The molecule has 3 aromatic rings. The molecule has 26 heavy (non-hydrogen) atoms. The lowest BCUT2D eigenvalue weighted by atomic mass is 10.1. The van der Waals surface area contributed by atoms with E-state index in [9.17, 15) is 9.59 Å². The predicted octanol–water partition coefficient (Wildman–Crippen LogP) is 2.21. The van der Waals surface area contributed by atoms with E-state index in [4.69, 9.17) is 9.47 Å². The van der Waals surface area contributed by atoms with Crippen LogP contribution >= 0.6 is 0 Å². The van der Waals surface area contributed by atoms with Gasteiger partial charge in [0.2, 0.25) is 5.43 Å². The third kappa shape index (κ3) is 3.23. The van der Waals surface area contributed by atoms with Crippen molar-refractivity contribution >= 4 is 16.8 Å². The van der Waals surface area contributed by atoms with Crippen LogP contribution in [-0.4, -0.2) is 42.0 Å². The summed E-state index contributed by atoms with van der Waals surface area (Å²) in [6.07, 6.45) is 3.09. The number of nitrogens with one attached hydrogen (secondary N) is 1. The monoisotopic (exact) mass is 353 g/mol. The van der Waals surface area contributed by atoms with Crippen molar-refractivity contribution in [2.24, 2.45) is 0 Å². The molecule has 0 saturated heterocycles. The number of pyridine rings is 2. The molecule has 1 amide bonds. The Kier molecular flexibility index (Phi) is 4.88. The molecule has 2 aromatic heterocycles. The number of hydrogen-bond donors (Lipinski definition) is 1. The lowest BCUT2D eigenvalue weighted by Crippen LogP contribution is -2.28.